The number of hydrogen-bond acceptors (Lipinski definition) is 5. The van der Waals surface area contributed by atoms with E-state index >= 15 is 0 Å². The molecule has 1 aliphatic rings. The minimum atomic E-state index is 0.0443. The number of aromatic nitrogens is 5. The molecule has 5 heterocycles. The second-order valence-electron chi connectivity index (χ2n) is 10.4. The summed E-state index contributed by atoms with van der Waals surface area (Å²) < 4.78 is 0. The van der Waals surface area contributed by atoms with Gasteiger partial charge in [-0.1, -0.05) is 24.3 Å². The second kappa shape index (κ2) is 10.4. The zero-order chi connectivity index (χ0) is 26.9. The normalized spacial score (nSPS) is 14.1. The Bertz CT molecular complexity index is 1820. The third-order valence-electron chi connectivity index (χ3n) is 7.74. The lowest BCUT2D eigenvalue weighted by molar-refractivity contribution is -0.117. The number of carbonyl (C=O) groups excluding carboxylic acids is 1. The smallest absolute Gasteiger partial charge is 0.224 e. The van der Waals surface area contributed by atoms with E-state index in [4.69, 9.17) is 0 Å². The van der Waals surface area contributed by atoms with Gasteiger partial charge in [-0.05, 0) is 79.4 Å². The largest absolute Gasteiger partial charge is 0.353 e. The minimum absolute atomic E-state index is 0.0443. The summed E-state index contributed by atoms with van der Waals surface area (Å²) in [5.74, 6) is 0.479. The number of H-pyrrole nitrogens is 2. The van der Waals surface area contributed by atoms with Gasteiger partial charge in [-0.2, -0.15) is 5.10 Å². The van der Waals surface area contributed by atoms with Crippen LogP contribution in [0, 0.1) is 5.92 Å². The molecule has 4 N–H and O–H groups in total. The zero-order valence-corrected chi connectivity index (χ0v) is 21.9. The van der Waals surface area contributed by atoms with Crippen LogP contribution in [0.3, 0.4) is 0 Å². The van der Waals surface area contributed by atoms with Crippen LogP contribution in [-0.2, 0) is 4.79 Å². The third-order valence-corrected chi connectivity index (χ3v) is 7.74. The summed E-state index contributed by atoms with van der Waals surface area (Å²) in [6, 6.07) is 20.6. The van der Waals surface area contributed by atoms with Crippen molar-refractivity contribution in [3.8, 4) is 33.6 Å². The van der Waals surface area contributed by atoms with Gasteiger partial charge in [0.1, 0.15) is 5.69 Å². The van der Waals surface area contributed by atoms with E-state index in [0.717, 1.165) is 81.4 Å². The van der Waals surface area contributed by atoms with Crippen molar-refractivity contribution in [2.75, 3.05) is 18.4 Å². The highest BCUT2D eigenvalue weighted by Gasteiger charge is 2.18. The van der Waals surface area contributed by atoms with Gasteiger partial charge in [-0.15, -0.1) is 0 Å². The first-order chi connectivity index (χ1) is 19.7. The Morgan fingerprint density at radius 3 is 2.62 bits per heavy atom. The van der Waals surface area contributed by atoms with E-state index < -0.39 is 0 Å². The molecule has 7 rings (SSSR count). The molecule has 0 unspecified atom stereocenters. The van der Waals surface area contributed by atoms with Gasteiger partial charge in [-0.25, -0.2) is 0 Å². The van der Waals surface area contributed by atoms with Gasteiger partial charge in [0.15, 0.2) is 0 Å². The summed E-state index contributed by atoms with van der Waals surface area (Å²) in [6.07, 6.45) is 9.83. The third kappa shape index (κ3) is 4.74. The number of nitrogens with zero attached hydrogens (tertiary/aromatic N) is 3. The lowest BCUT2D eigenvalue weighted by Crippen LogP contribution is -2.30. The first-order valence-electron chi connectivity index (χ1n) is 13.7. The van der Waals surface area contributed by atoms with Crippen LogP contribution in [0.1, 0.15) is 19.3 Å². The second-order valence-corrected chi connectivity index (χ2v) is 10.4. The van der Waals surface area contributed by atoms with Gasteiger partial charge >= 0.3 is 0 Å². The van der Waals surface area contributed by atoms with Gasteiger partial charge in [0, 0.05) is 52.4 Å². The van der Waals surface area contributed by atoms with Crippen LogP contribution in [0.2, 0.25) is 0 Å². The summed E-state index contributed by atoms with van der Waals surface area (Å²) in [4.78, 5) is 24.9. The molecule has 2 aromatic carbocycles. The van der Waals surface area contributed by atoms with Crippen molar-refractivity contribution in [3.63, 3.8) is 0 Å². The van der Waals surface area contributed by atoms with E-state index in [-0.39, 0.29) is 5.91 Å². The lowest BCUT2D eigenvalue weighted by Gasteiger charge is -2.21. The highest BCUT2D eigenvalue weighted by molar-refractivity contribution is 6.02. The fraction of sp³-hybridized carbons (Fsp3) is 0.188. The molecule has 6 aromatic rings. The number of nitrogens with one attached hydrogen (secondary N) is 4. The SMILES string of the molecule is O=C(CC1CCNCC1)Nc1cncc(-c2ccc3[nH]nc(-c4cc5c(-c6cccnc6)cccc5[nH]4)c3c2)c1. The van der Waals surface area contributed by atoms with Gasteiger partial charge in [-0.3, -0.25) is 19.9 Å². The fourth-order valence-corrected chi connectivity index (χ4v) is 5.68. The first-order valence-corrected chi connectivity index (χ1v) is 13.7. The Balaban J connectivity index is 1.19. The van der Waals surface area contributed by atoms with E-state index in [2.05, 4.69) is 72.2 Å². The Hall–Kier alpha value is -4.82. The molecule has 8 heteroatoms. The number of hydrogen-bond donors (Lipinski definition) is 4. The van der Waals surface area contributed by atoms with Crippen LogP contribution >= 0.6 is 0 Å². The summed E-state index contributed by atoms with van der Waals surface area (Å²) in [5.41, 5.74) is 8.62. The van der Waals surface area contributed by atoms with Gasteiger partial charge < -0.3 is 15.6 Å². The molecular weight excluding hydrogens is 498 g/mol. The number of fused-ring (bicyclic) bond motifs is 2. The Kier molecular flexibility index (Phi) is 6.30. The highest BCUT2D eigenvalue weighted by atomic mass is 16.1. The van der Waals surface area contributed by atoms with Crippen LogP contribution < -0.4 is 10.6 Å². The molecular formula is C32H29N7O. The van der Waals surface area contributed by atoms with Crippen LogP contribution in [0.25, 0.3) is 55.4 Å². The summed E-state index contributed by atoms with van der Waals surface area (Å²) >= 11 is 0. The quantitative estimate of drug-likeness (QED) is 0.207. The lowest BCUT2D eigenvalue weighted by atomic mass is 9.94. The Morgan fingerprint density at radius 2 is 1.75 bits per heavy atom. The molecule has 0 atom stereocenters. The Labute approximate surface area is 231 Å². The van der Waals surface area contributed by atoms with Crippen molar-refractivity contribution < 1.29 is 4.79 Å². The van der Waals surface area contributed by atoms with E-state index in [1.165, 1.54) is 0 Å². The predicted octanol–water partition coefficient (Wildman–Crippen LogP) is 6.16. The van der Waals surface area contributed by atoms with E-state index in [1.54, 1.807) is 12.4 Å². The van der Waals surface area contributed by atoms with Crippen molar-refractivity contribution >= 4 is 33.4 Å². The molecule has 1 fully saturated rings. The number of piperidine rings is 1. The number of benzene rings is 2. The maximum absolute atomic E-state index is 12.7. The maximum atomic E-state index is 12.7. The molecule has 0 bridgehead atoms. The summed E-state index contributed by atoms with van der Waals surface area (Å²) in [5, 5.41) is 16.4. The summed E-state index contributed by atoms with van der Waals surface area (Å²) in [6.45, 7) is 1.97. The minimum Gasteiger partial charge on any atom is -0.353 e. The highest BCUT2D eigenvalue weighted by Crippen LogP contribution is 2.35. The van der Waals surface area contributed by atoms with E-state index in [1.807, 2.05) is 36.7 Å². The van der Waals surface area contributed by atoms with Crippen LogP contribution in [0.4, 0.5) is 5.69 Å². The average Bonchev–Trinajstić information content (AvgIpc) is 3.62. The van der Waals surface area contributed by atoms with Gasteiger partial charge in [0.25, 0.3) is 0 Å². The molecule has 0 saturated carbocycles. The number of anilines is 1. The maximum Gasteiger partial charge on any atom is 0.224 e. The van der Waals surface area contributed by atoms with E-state index in [0.29, 0.717) is 18.0 Å². The van der Waals surface area contributed by atoms with Crippen molar-refractivity contribution in [2.45, 2.75) is 19.3 Å². The first kappa shape index (κ1) is 24.2. The van der Waals surface area contributed by atoms with Gasteiger partial charge in [0.2, 0.25) is 5.91 Å². The van der Waals surface area contributed by atoms with Crippen LogP contribution in [0.5, 0.6) is 0 Å². The average molecular weight is 528 g/mol. The predicted molar refractivity (Wildman–Crippen MR) is 159 cm³/mol. The standard InChI is InChI=1S/C32H29N7O/c40-31(13-20-8-11-33-12-9-20)36-24-14-23(18-35-19-24)21-6-7-29-27(15-21)32(39-38-29)30-16-26-25(4-1-5-28(26)37-30)22-3-2-10-34-17-22/h1-7,10,14-20,33,37H,8-9,11-13H2,(H,36,40)(H,38,39). The molecule has 0 spiro atoms. The molecule has 198 valence electrons. The molecule has 1 saturated heterocycles. The van der Waals surface area contributed by atoms with Crippen molar-refractivity contribution in [1.82, 2.24) is 30.5 Å². The zero-order valence-electron chi connectivity index (χ0n) is 21.9. The molecule has 0 radical (unpaired) electrons. The number of rotatable bonds is 6. The van der Waals surface area contributed by atoms with Crippen molar-refractivity contribution in [1.29, 1.82) is 0 Å². The molecule has 40 heavy (non-hydrogen) atoms. The molecule has 4 aromatic heterocycles. The van der Waals surface area contributed by atoms with Crippen LogP contribution in [-0.4, -0.2) is 44.1 Å². The van der Waals surface area contributed by atoms with Crippen molar-refractivity contribution in [2.24, 2.45) is 5.92 Å². The van der Waals surface area contributed by atoms with E-state index in [9.17, 15) is 4.79 Å². The van der Waals surface area contributed by atoms with Gasteiger partial charge in [0.05, 0.1) is 23.1 Å². The number of aromatic amines is 2. The molecule has 0 aliphatic carbocycles. The molecule has 8 nitrogen and oxygen atoms in total. The summed E-state index contributed by atoms with van der Waals surface area (Å²) in [7, 11) is 0. The number of pyridine rings is 2. The molecule has 1 aliphatic heterocycles. The fourth-order valence-electron chi connectivity index (χ4n) is 5.68. The number of carbonyl (C=O) groups is 1. The molecule has 1 amide bonds. The Morgan fingerprint density at radius 1 is 0.850 bits per heavy atom. The topological polar surface area (TPSA) is 111 Å². The monoisotopic (exact) mass is 527 g/mol. The number of amides is 1. The van der Waals surface area contributed by atoms with Crippen molar-refractivity contribution in [3.05, 3.63) is 85.5 Å². The van der Waals surface area contributed by atoms with Crippen LogP contribution in [0.15, 0.2) is 85.5 Å².